The van der Waals surface area contributed by atoms with Crippen molar-refractivity contribution >= 4 is 23.6 Å². The predicted octanol–water partition coefficient (Wildman–Crippen LogP) is 2.86. The lowest BCUT2D eigenvalue weighted by Gasteiger charge is -2.34. The summed E-state index contributed by atoms with van der Waals surface area (Å²) in [7, 11) is 1.53. The maximum atomic E-state index is 13.4. The first-order valence-corrected chi connectivity index (χ1v) is 11.9. The topological polar surface area (TPSA) is 98.8 Å². The van der Waals surface area contributed by atoms with Gasteiger partial charge in [-0.2, -0.15) is 0 Å². The molecule has 0 aromatic heterocycles. The van der Waals surface area contributed by atoms with E-state index in [-0.39, 0.29) is 30.2 Å². The molecule has 3 rings (SSSR count). The van der Waals surface area contributed by atoms with E-state index in [1.807, 2.05) is 58.0 Å². The minimum atomic E-state index is -1.06. The lowest BCUT2D eigenvalue weighted by Crippen LogP contribution is -2.54. The SMILES string of the molecule is CC(C)C[C@H](NC(=O)Cc1ccccc1)C(=O)N[C@@H]1C(=O)N(C)N(C(C)C)C(=O)c2ccccc21. The molecule has 1 heterocycles. The summed E-state index contributed by atoms with van der Waals surface area (Å²) < 4.78 is 0. The van der Waals surface area contributed by atoms with Gasteiger partial charge in [0, 0.05) is 18.7 Å². The lowest BCUT2D eigenvalue weighted by atomic mass is 9.98. The average molecular weight is 479 g/mol. The number of carbonyl (C=O) groups excluding carboxylic acids is 4. The van der Waals surface area contributed by atoms with Gasteiger partial charge in [-0.1, -0.05) is 62.4 Å². The van der Waals surface area contributed by atoms with E-state index in [1.165, 1.54) is 17.1 Å². The van der Waals surface area contributed by atoms with Crippen LogP contribution in [0.5, 0.6) is 0 Å². The predicted molar refractivity (Wildman–Crippen MR) is 133 cm³/mol. The Balaban J connectivity index is 1.86. The van der Waals surface area contributed by atoms with E-state index in [4.69, 9.17) is 0 Å². The Morgan fingerprint density at radius 2 is 1.57 bits per heavy atom. The van der Waals surface area contributed by atoms with Gasteiger partial charge >= 0.3 is 0 Å². The van der Waals surface area contributed by atoms with Crippen LogP contribution < -0.4 is 10.6 Å². The molecular weight excluding hydrogens is 444 g/mol. The molecule has 0 radical (unpaired) electrons. The van der Waals surface area contributed by atoms with Gasteiger partial charge < -0.3 is 10.6 Å². The van der Waals surface area contributed by atoms with Gasteiger partial charge in [-0.3, -0.25) is 24.2 Å². The number of hydrazine groups is 1. The number of hydrogen-bond acceptors (Lipinski definition) is 4. The van der Waals surface area contributed by atoms with Gasteiger partial charge in [0.25, 0.3) is 11.8 Å². The van der Waals surface area contributed by atoms with Crippen LogP contribution in [0.1, 0.15) is 61.6 Å². The van der Waals surface area contributed by atoms with Gasteiger partial charge in [0.2, 0.25) is 11.8 Å². The van der Waals surface area contributed by atoms with E-state index < -0.39 is 23.9 Å². The molecule has 2 atom stereocenters. The average Bonchev–Trinajstić information content (AvgIpc) is 2.88. The van der Waals surface area contributed by atoms with Gasteiger partial charge in [-0.05, 0) is 43.4 Å². The van der Waals surface area contributed by atoms with Crippen LogP contribution in [0.15, 0.2) is 54.6 Å². The number of nitrogens with one attached hydrogen (secondary N) is 2. The Bertz CT molecular complexity index is 1080. The highest BCUT2D eigenvalue weighted by molar-refractivity contribution is 6.02. The van der Waals surface area contributed by atoms with Gasteiger partial charge in [-0.15, -0.1) is 0 Å². The molecule has 8 nitrogen and oxygen atoms in total. The molecule has 8 heteroatoms. The van der Waals surface area contributed by atoms with E-state index in [9.17, 15) is 19.2 Å². The highest BCUT2D eigenvalue weighted by Gasteiger charge is 2.40. The Morgan fingerprint density at radius 3 is 2.20 bits per heavy atom. The van der Waals surface area contributed by atoms with Crippen LogP contribution in [0.2, 0.25) is 0 Å². The number of benzene rings is 2. The zero-order chi connectivity index (χ0) is 25.7. The molecule has 0 unspecified atom stereocenters. The summed E-state index contributed by atoms with van der Waals surface area (Å²) >= 11 is 0. The number of carbonyl (C=O) groups is 4. The summed E-state index contributed by atoms with van der Waals surface area (Å²) in [5, 5.41) is 8.32. The third kappa shape index (κ3) is 6.07. The fraction of sp³-hybridized carbons (Fsp3) is 0.407. The van der Waals surface area contributed by atoms with Crippen LogP contribution in [0.4, 0.5) is 0 Å². The van der Waals surface area contributed by atoms with Crippen molar-refractivity contribution in [2.75, 3.05) is 7.05 Å². The molecule has 0 fully saturated rings. The lowest BCUT2D eigenvalue weighted by molar-refractivity contribution is -0.147. The molecule has 35 heavy (non-hydrogen) atoms. The van der Waals surface area contributed by atoms with Crippen molar-refractivity contribution in [3.05, 3.63) is 71.3 Å². The fourth-order valence-corrected chi connectivity index (χ4v) is 4.32. The summed E-state index contributed by atoms with van der Waals surface area (Å²) in [6, 6.07) is 14.0. The molecule has 2 N–H and O–H groups in total. The number of nitrogens with zero attached hydrogens (tertiary/aromatic N) is 2. The van der Waals surface area contributed by atoms with Crippen molar-refractivity contribution in [2.24, 2.45) is 5.92 Å². The number of rotatable bonds is 8. The second kappa shape index (κ2) is 11.2. The van der Waals surface area contributed by atoms with Gasteiger partial charge in [0.05, 0.1) is 6.42 Å². The van der Waals surface area contributed by atoms with Crippen molar-refractivity contribution in [1.29, 1.82) is 0 Å². The molecule has 0 spiro atoms. The number of fused-ring (bicyclic) bond motifs is 1. The minimum Gasteiger partial charge on any atom is -0.344 e. The zero-order valence-corrected chi connectivity index (χ0v) is 20.9. The van der Waals surface area contributed by atoms with E-state index in [0.29, 0.717) is 17.5 Å². The molecule has 2 aromatic carbocycles. The summed E-state index contributed by atoms with van der Waals surface area (Å²) in [6.45, 7) is 7.57. The standard InChI is InChI=1S/C27H34N4O4/c1-17(2)15-22(28-23(32)16-19-11-7-6-8-12-19)25(33)29-24-20-13-9-10-14-21(20)26(34)31(18(3)4)30(5)27(24)35/h6-14,17-18,22,24H,15-16H2,1-5H3,(H,28,32)(H,29,33)/t22-,24-/m0/s1. The van der Waals surface area contributed by atoms with Crippen molar-refractivity contribution < 1.29 is 19.2 Å². The molecule has 1 aliphatic rings. The monoisotopic (exact) mass is 478 g/mol. The Kier molecular flexibility index (Phi) is 8.27. The van der Waals surface area contributed by atoms with Crippen molar-refractivity contribution in [3.63, 3.8) is 0 Å². The van der Waals surface area contributed by atoms with Crippen LogP contribution in [0, 0.1) is 5.92 Å². The number of hydrogen-bond donors (Lipinski definition) is 2. The molecule has 0 saturated carbocycles. The summed E-state index contributed by atoms with van der Waals surface area (Å²) in [5.74, 6) is -1.35. The van der Waals surface area contributed by atoms with Gasteiger partial charge in [-0.25, -0.2) is 5.01 Å². The Hall–Kier alpha value is -3.68. The van der Waals surface area contributed by atoms with Crippen molar-refractivity contribution in [1.82, 2.24) is 20.7 Å². The highest BCUT2D eigenvalue weighted by Crippen LogP contribution is 2.28. The maximum absolute atomic E-state index is 13.4. The van der Waals surface area contributed by atoms with E-state index in [2.05, 4.69) is 10.6 Å². The highest BCUT2D eigenvalue weighted by atomic mass is 16.2. The smallest absolute Gasteiger partial charge is 0.273 e. The first kappa shape index (κ1) is 25.9. The maximum Gasteiger partial charge on any atom is 0.273 e. The van der Waals surface area contributed by atoms with Crippen molar-refractivity contribution in [2.45, 2.75) is 58.7 Å². The van der Waals surface area contributed by atoms with Crippen LogP contribution in [-0.4, -0.2) is 52.8 Å². The fourth-order valence-electron chi connectivity index (χ4n) is 4.32. The van der Waals surface area contributed by atoms with E-state index >= 15 is 0 Å². The Morgan fingerprint density at radius 1 is 0.943 bits per heavy atom. The normalized spacial score (nSPS) is 16.7. The Labute approximate surface area is 206 Å². The minimum absolute atomic E-state index is 0.126. The van der Waals surface area contributed by atoms with E-state index in [1.54, 1.807) is 24.3 Å². The van der Waals surface area contributed by atoms with E-state index in [0.717, 1.165) is 5.56 Å². The zero-order valence-electron chi connectivity index (χ0n) is 20.9. The number of amides is 4. The quantitative estimate of drug-likeness (QED) is 0.610. The molecule has 1 aliphatic heterocycles. The molecule has 0 aliphatic carbocycles. The number of likely N-dealkylation sites (N-methyl/N-ethyl adjacent to an activating group) is 1. The van der Waals surface area contributed by atoms with Gasteiger partial charge in [0.1, 0.15) is 12.1 Å². The largest absolute Gasteiger partial charge is 0.344 e. The van der Waals surface area contributed by atoms with Crippen molar-refractivity contribution in [3.8, 4) is 0 Å². The summed E-state index contributed by atoms with van der Waals surface area (Å²) in [4.78, 5) is 52.8. The second-order valence-electron chi connectivity index (χ2n) is 9.55. The summed E-state index contributed by atoms with van der Waals surface area (Å²) in [5.41, 5.74) is 1.64. The third-order valence-corrected chi connectivity index (χ3v) is 5.94. The molecular formula is C27H34N4O4. The first-order chi connectivity index (χ1) is 16.6. The van der Waals surface area contributed by atoms with Gasteiger partial charge in [0.15, 0.2) is 0 Å². The van der Waals surface area contributed by atoms with Crippen LogP contribution in [0.3, 0.4) is 0 Å². The molecule has 186 valence electrons. The summed E-state index contributed by atoms with van der Waals surface area (Å²) in [6.07, 6.45) is 0.552. The first-order valence-electron chi connectivity index (χ1n) is 11.9. The van der Waals surface area contributed by atoms with Crippen LogP contribution >= 0.6 is 0 Å². The molecule has 4 amide bonds. The molecule has 2 aromatic rings. The third-order valence-electron chi connectivity index (χ3n) is 5.94. The van der Waals surface area contributed by atoms with Crippen LogP contribution in [-0.2, 0) is 20.8 Å². The molecule has 0 bridgehead atoms. The second-order valence-corrected chi connectivity index (χ2v) is 9.55. The van der Waals surface area contributed by atoms with Crippen LogP contribution in [0.25, 0.3) is 0 Å². The molecule has 0 saturated heterocycles.